The number of hydrogen-bond donors (Lipinski definition) is 2. The number of anilines is 2. The summed E-state index contributed by atoms with van der Waals surface area (Å²) in [5.41, 5.74) is 4.62. The molecular weight excluding hydrogens is 394 g/mol. The van der Waals surface area contributed by atoms with E-state index in [9.17, 15) is 4.79 Å². The van der Waals surface area contributed by atoms with E-state index < -0.39 is 0 Å². The average molecular weight is 415 g/mol. The van der Waals surface area contributed by atoms with E-state index in [1.807, 2.05) is 30.6 Å². The molecule has 2 N–H and O–H groups in total. The Morgan fingerprint density at radius 3 is 2.68 bits per heavy atom. The van der Waals surface area contributed by atoms with Gasteiger partial charge in [0.05, 0.1) is 48.7 Å². The van der Waals surface area contributed by atoms with Gasteiger partial charge in [-0.05, 0) is 30.7 Å². The van der Waals surface area contributed by atoms with Crippen molar-refractivity contribution in [2.45, 2.75) is 6.92 Å². The van der Waals surface area contributed by atoms with Crippen LogP contribution in [0.5, 0.6) is 0 Å². The van der Waals surface area contributed by atoms with Crippen molar-refractivity contribution in [3.8, 4) is 11.1 Å². The summed E-state index contributed by atoms with van der Waals surface area (Å²) in [6.07, 6.45) is 6.84. The van der Waals surface area contributed by atoms with Gasteiger partial charge in [-0.3, -0.25) is 14.9 Å². The Kier molecular flexibility index (Phi) is 5.01. The summed E-state index contributed by atoms with van der Waals surface area (Å²) in [7, 11) is 0. The van der Waals surface area contributed by atoms with Gasteiger partial charge in [0.15, 0.2) is 5.69 Å². The van der Waals surface area contributed by atoms with E-state index in [2.05, 4.69) is 41.4 Å². The number of aromatic nitrogens is 5. The zero-order valence-corrected chi connectivity index (χ0v) is 17.0. The molecule has 31 heavy (non-hydrogen) atoms. The second-order valence-electron chi connectivity index (χ2n) is 7.34. The molecule has 0 atom stereocenters. The van der Waals surface area contributed by atoms with E-state index in [4.69, 9.17) is 4.74 Å². The van der Waals surface area contributed by atoms with Crippen LogP contribution in [0.2, 0.25) is 0 Å². The lowest BCUT2D eigenvalue weighted by molar-refractivity contribution is 0.102. The van der Waals surface area contributed by atoms with E-state index in [1.165, 1.54) is 0 Å². The molecule has 1 saturated heterocycles. The first-order valence-electron chi connectivity index (χ1n) is 10.0. The molecule has 1 aliphatic heterocycles. The number of fused-ring (bicyclic) bond motifs is 1. The number of aromatic amines is 1. The van der Waals surface area contributed by atoms with Crippen molar-refractivity contribution in [2.75, 3.05) is 36.5 Å². The maximum atomic E-state index is 12.8. The fourth-order valence-electron chi connectivity index (χ4n) is 3.59. The lowest BCUT2D eigenvalue weighted by Crippen LogP contribution is -2.36. The van der Waals surface area contributed by atoms with E-state index in [1.54, 1.807) is 19.3 Å². The number of aryl methyl sites for hydroxylation is 1. The molecular formula is C22H21N7O2. The highest BCUT2D eigenvalue weighted by Crippen LogP contribution is 2.28. The molecule has 1 amide bonds. The zero-order valence-electron chi connectivity index (χ0n) is 17.0. The second-order valence-corrected chi connectivity index (χ2v) is 7.34. The first-order chi connectivity index (χ1) is 15.2. The summed E-state index contributed by atoms with van der Waals surface area (Å²) in [6.45, 7) is 4.92. The first kappa shape index (κ1) is 19.1. The molecule has 1 fully saturated rings. The number of benzene rings is 1. The van der Waals surface area contributed by atoms with Crippen molar-refractivity contribution < 1.29 is 9.53 Å². The Labute approximate surface area is 178 Å². The maximum Gasteiger partial charge on any atom is 0.276 e. The molecule has 3 aromatic heterocycles. The van der Waals surface area contributed by atoms with Crippen LogP contribution in [0.25, 0.3) is 22.0 Å². The van der Waals surface area contributed by atoms with Crippen molar-refractivity contribution in [3.63, 3.8) is 0 Å². The van der Waals surface area contributed by atoms with Gasteiger partial charge in [-0.25, -0.2) is 9.97 Å². The van der Waals surface area contributed by atoms with Gasteiger partial charge in [-0.2, -0.15) is 5.10 Å². The van der Waals surface area contributed by atoms with Gasteiger partial charge in [-0.15, -0.1) is 0 Å². The zero-order chi connectivity index (χ0) is 21.2. The van der Waals surface area contributed by atoms with Gasteiger partial charge in [0, 0.05) is 30.2 Å². The molecule has 4 aromatic rings. The van der Waals surface area contributed by atoms with Crippen molar-refractivity contribution in [2.24, 2.45) is 0 Å². The van der Waals surface area contributed by atoms with Crippen LogP contribution in [0.15, 0.2) is 49.1 Å². The molecule has 9 nitrogen and oxygen atoms in total. The standard InChI is InChI=1S/C22H21N7O2/c1-14-24-11-17(12-25-14)26-22(30)21-19-9-15(2-3-20(19)27-28-21)16-8-18(13-23-10-16)29-4-6-31-7-5-29/h2-3,8-13H,4-7H2,1H3,(H,26,30)(H,27,28). The van der Waals surface area contributed by atoms with Crippen LogP contribution in [0.3, 0.4) is 0 Å². The predicted octanol–water partition coefficient (Wildman–Crippen LogP) is 2.81. The number of ether oxygens (including phenoxy) is 1. The summed E-state index contributed by atoms with van der Waals surface area (Å²) in [5.74, 6) is 0.317. The minimum Gasteiger partial charge on any atom is -0.378 e. The van der Waals surface area contributed by atoms with Gasteiger partial charge in [-0.1, -0.05) is 6.07 Å². The van der Waals surface area contributed by atoms with Crippen molar-refractivity contribution in [1.82, 2.24) is 25.1 Å². The molecule has 1 aliphatic rings. The van der Waals surface area contributed by atoms with Crippen molar-refractivity contribution in [3.05, 3.63) is 60.6 Å². The summed E-state index contributed by atoms with van der Waals surface area (Å²) >= 11 is 0. The molecule has 0 spiro atoms. The molecule has 0 unspecified atom stereocenters. The van der Waals surface area contributed by atoms with Crippen LogP contribution >= 0.6 is 0 Å². The Balaban J connectivity index is 1.45. The van der Waals surface area contributed by atoms with Gasteiger partial charge in [0.25, 0.3) is 5.91 Å². The number of amides is 1. The second kappa shape index (κ2) is 8.11. The number of H-pyrrole nitrogens is 1. The van der Waals surface area contributed by atoms with Gasteiger partial charge >= 0.3 is 0 Å². The number of carbonyl (C=O) groups excluding carboxylic acids is 1. The molecule has 0 aliphatic carbocycles. The molecule has 9 heteroatoms. The third kappa shape index (κ3) is 3.95. The number of morpholine rings is 1. The van der Waals surface area contributed by atoms with Gasteiger partial charge in [0.1, 0.15) is 5.82 Å². The normalized spacial score (nSPS) is 14.0. The largest absolute Gasteiger partial charge is 0.378 e. The van der Waals surface area contributed by atoms with Gasteiger partial charge < -0.3 is 15.0 Å². The topological polar surface area (TPSA) is 109 Å². The van der Waals surface area contributed by atoms with Crippen molar-refractivity contribution in [1.29, 1.82) is 0 Å². The Morgan fingerprint density at radius 2 is 1.87 bits per heavy atom. The lowest BCUT2D eigenvalue weighted by atomic mass is 10.0. The highest BCUT2D eigenvalue weighted by molar-refractivity contribution is 6.11. The van der Waals surface area contributed by atoms with Crippen molar-refractivity contribution >= 4 is 28.2 Å². The molecule has 0 radical (unpaired) electrons. The van der Waals surface area contributed by atoms with E-state index in [-0.39, 0.29) is 5.91 Å². The van der Waals surface area contributed by atoms with E-state index in [0.29, 0.717) is 17.2 Å². The summed E-state index contributed by atoms with van der Waals surface area (Å²) in [6, 6.07) is 7.99. The summed E-state index contributed by atoms with van der Waals surface area (Å²) in [5, 5.41) is 10.7. The molecule has 156 valence electrons. The smallest absolute Gasteiger partial charge is 0.276 e. The number of carbonyl (C=O) groups is 1. The fourth-order valence-corrected chi connectivity index (χ4v) is 3.59. The number of nitrogens with one attached hydrogen (secondary N) is 2. The molecule has 0 saturated carbocycles. The minimum atomic E-state index is -0.323. The molecule has 1 aromatic carbocycles. The van der Waals surface area contributed by atoms with Crippen LogP contribution in [0.1, 0.15) is 16.3 Å². The lowest BCUT2D eigenvalue weighted by Gasteiger charge is -2.28. The Morgan fingerprint density at radius 1 is 1.06 bits per heavy atom. The predicted molar refractivity (Wildman–Crippen MR) is 117 cm³/mol. The Hall–Kier alpha value is -3.85. The first-order valence-corrected chi connectivity index (χ1v) is 10.0. The SMILES string of the molecule is Cc1ncc(NC(=O)c2n[nH]c3ccc(-c4cncc(N5CCOCC5)c4)cc23)cn1. The van der Waals surface area contributed by atoms with Crippen LogP contribution in [0, 0.1) is 6.92 Å². The third-order valence-electron chi connectivity index (χ3n) is 5.25. The number of rotatable bonds is 4. The molecule has 0 bridgehead atoms. The summed E-state index contributed by atoms with van der Waals surface area (Å²) < 4.78 is 5.44. The van der Waals surface area contributed by atoms with Gasteiger partial charge in [0.2, 0.25) is 0 Å². The number of hydrogen-bond acceptors (Lipinski definition) is 7. The third-order valence-corrected chi connectivity index (χ3v) is 5.25. The maximum absolute atomic E-state index is 12.8. The number of nitrogens with zero attached hydrogens (tertiary/aromatic N) is 5. The van der Waals surface area contributed by atoms with Crippen LogP contribution < -0.4 is 10.2 Å². The Bertz CT molecular complexity index is 1230. The average Bonchev–Trinajstić information content (AvgIpc) is 3.25. The van der Waals surface area contributed by atoms with E-state index in [0.717, 1.165) is 54.0 Å². The highest BCUT2D eigenvalue weighted by atomic mass is 16.5. The number of pyridine rings is 1. The van der Waals surface area contributed by atoms with Crippen LogP contribution in [-0.4, -0.2) is 57.4 Å². The minimum absolute atomic E-state index is 0.315. The highest BCUT2D eigenvalue weighted by Gasteiger charge is 2.17. The summed E-state index contributed by atoms with van der Waals surface area (Å²) in [4.78, 5) is 27.7. The van der Waals surface area contributed by atoms with Crippen LogP contribution in [-0.2, 0) is 4.74 Å². The molecule has 4 heterocycles. The monoisotopic (exact) mass is 415 g/mol. The van der Waals surface area contributed by atoms with Crippen LogP contribution in [0.4, 0.5) is 11.4 Å². The fraction of sp³-hybridized carbons (Fsp3) is 0.227. The quantitative estimate of drug-likeness (QED) is 0.527. The van der Waals surface area contributed by atoms with E-state index >= 15 is 0 Å². The molecule has 5 rings (SSSR count).